The monoisotopic (exact) mass is 640 g/mol. The summed E-state index contributed by atoms with van der Waals surface area (Å²) in [6, 6.07) is 17.5. The van der Waals surface area contributed by atoms with Gasteiger partial charge in [-0.15, -0.1) is 0 Å². The minimum atomic E-state index is -0.205. The van der Waals surface area contributed by atoms with Crippen molar-refractivity contribution in [2.24, 2.45) is 0 Å². The summed E-state index contributed by atoms with van der Waals surface area (Å²) in [5.41, 5.74) is 5.93. The minimum absolute atomic E-state index is 0.205. The standard InChI is InChI=1S/C19H12FI3/c1-11-17(21)9-14(10-18(11)22)16-7-4-13(8-19(16)23)12-2-5-15(20)6-3-12/h2-10H,1H3. The van der Waals surface area contributed by atoms with E-state index in [0.717, 1.165) is 11.1 Å². The van der Waals surface area contributed by atoms with Crippen LogP contribution in [-0.2, 0) is 0 Å². The molecule has 0 saturated carbocycles. The number of hydrogen-bond acceptors (Lipinski definition) is 0. The summed E-state index contributed by atoms with van der Waals surface area (Å²) in [4.78, 5) is 0. The molecule has 116 valence electrons. The van der Waals surface area contributed by atoms with Gasteiger partial charge in [-0.3, -0.25) is 0 Å². The lowest BCUT2D eigenvalue weighted by molar-refractivity contribution is 0.628. The molecule has 3 aromatic carbocycles. The molecule has 0 aliphatic heterocycles. The molecule has 0 atom stereocenters. The molecule has 0 heterocycles. The zero-order valence-corrected chi connectivity index (χ0v) is 18.7. The Morgan fingerprint density at radius 1 is 0.652 bits per heavy atom. The van der Waals surface area contributed by atoms with Crippen molar-refractivity contribution in [3.8, 4) is 22.3 Å². The van der Waals surface area contributed by atoms with Gasteiger partial charge in [0.25, 0.3) is 0 Å². The molecule has 0 N–H and O–H groups in total. The van der Waals surface area contributed by atoms with Gasteiger partial charge < -0.3 is 0 Å². The highest BCUT2D eigenvalue weighted by Gasteiger charge is 2.09. The first-order valence-corrected chi connectivity index (χ1v) is 10.2. The Bertz CT molecular complexity index is 847. The maximum Gasteiger partial charge on any atom is 0.123 e. The van der Waals surface area contributed by atoms with Crippen molar-refractivity contribution in [3.05, 3.63) is 76.7 Å². The van der Waals surface area contributed by atoms with Gasteiger partial charge >= 0.3 is 0 Å². The van der Waals surface area contributed by atoms with E-state index in [1.165, 1.54) is 39.5 Å². The van der Waals surface area contributed by atoms with Crippen LogP contribution in [0.15, 0.2) is 54.6 Å². The van der Waals surface area contributed by atoms with Gasteiger partial charge in [-0.05, 0) is 133 Å². The third-order valence-corrected chi connectivity index (χ3v) is 6.87. The zero-order chi connectivity index (χ0) is 16.6. The van der Waals surface area contributed by atoms with Gasteiger partial charge in [0.1, 0.15) is 5.82 Å². The highest BCUT2D eigenvalue weighted by molar-refractivity contribution is 14.1. The lowest BCUT2D eigenvalue weighted by atomic mass is 10.00. The Balaban J connectivity index is 2.04. The molecule has 4 heteroatoms. The Labute approximate surface area is 176 Å². The molecule has 3 rings (SSSR count). The highest BCUT2D eigenvalue weighted by Crippen LogP contribution is 2.33. The van der Waals surface area contributed by atoms with Gasteiger partial charge in [0, 0.05) is 10.7 Å². The van der Waals surface area contributed by atoms with Crippen LogP contribution in [0.4, 0.5) is 4.39 Å². The Hall–Kier alpha value is -0.220. The fraction of sp³-hybridized carbons (Fsp3) is 0.0526. The number of hydrogen-bond donors (Lipinski definition) is 0. The first-order valence-electron chi connectivity index (χ1n) is 6.97. The molecule has 0 nitrogen and oxygen atoms in total. The van der Waals surface area contributed by atoms with Gasteiger partial charge in [-0.1, -0.05) is 24.3 Å². The van der Waals surface area contributed by atoms with Crippen LogP contribution in [0, 0.1) is 23.5 Å². The maximum absolute atomic E-state index is 13.1. The van der Waals surface area contributed by atoms with Gasteiger partial charge in [-0.25, -0.2) is 4.39 Å². The van der Waals surface area contributed by atoms with E-state index in [1.807, 2.05) is 12.1 Å². The molecule has 0 aliphatic rings. The first-order chi connectivity index (χ1) is 11.0. The van der Waals surface area contributed by atoms with E-state index in [0.29, 0.717) is 0 Å². The van der Waals surface area contributed by atoms with Crippen LogP contribution >= 0.6 is 67.8 Å². The predicted octanol–water partition coefficient (Wildman–Crippen LogP) is 7.28. The topological polar surface area (TPSA) is 0 Å². The maximum atomic E-state index is 13.1. The van der Waals surface area contributed by atoms with Gasteiger partial charge in [0.05, 0.1) is 0 Å². The summed E-state index contributed by atoms with van der Waals surface area (Å²) in [6.07, 6.45) is 0. The van der Waals surface area contributed by atoms with Crippen LogP contribution in [0.25, 0.3) is 22.3 Å². The van der Waals surface area contributed by atoms with E-state index < -0.39 is 0 Å². The second-order valence-corrected chi connectivity index (χ2v) is 8.75. The van der Waals surface area contributed by atoms with E-state index in [-0.39, 0.29) is 5.82 Å². The van der Waals surface area contributed by atoms with Crippen molar-refractivity contribution in [1.29, 1.82) is 0 Å². The second-order valence-electron chi connectivity index (χ2n) is 5.27. The average Bonchev–Trinajstić information content (AvgIpc) is 2.53. The fourth-order valence-corrected chi connectivity index (χ4v) is 4.97. The van der Waals surface area contributed by atoms with Crippen LogP contribution in [0.3, 0.4) is 0 Å². The Morgan fingerprint density at radius 3 is 1.74 bits per heavy atom. The molecule has 3 aromatic rings. The van der Waals surface area contributed by atoms with Crippen LogP contribution < -0.4 is 0 Å². The number of rotatable bonds is 2. The van der Waals surface area contributed by atoms with Crippen molar-refractivity contribution in [1.82, 2.24) is 0 Å². The molecule has 0 radical (unpaired) electrons. The highest BCUT2D eigenvalue weighted by atomic mass is 127. The minimum Gasteiger partial charge on any atom is -0.207 e. The summed E-state index contributed by atoms with van der Waals surface area (Å²) < 4.78 is 16.8. The van der Waals surface area contributed by atoms with Gasteiger partial charge in [0.15, 0.2) is 0 Å². The molecule has 0 amide bonds. The molecule has 0 unspecified atom stereocenters. The van der Waals surface area contributed by atoms with Crippen LogP contribution in [0.5, 0.6) is 0 Å². The van der Waals surface area contributed by atoms with Crippen LogP contribution in [0.1, 0.15) is 5.56 Å². The van der Waals surface area contributed by atoms with Crippen LogP contribution in [0.2, 0.25) is 0 Å². The SMILES string of the molecule is Cc1c(I)cc(-c2ccc(-c3ccc(F)cc3)cc2I)cc1I. The fourth-order valence-electron chi connectivity index (χ4n) is 2.37. The van der Waals surface area contributed by atoms with Crippen molar-refractivity contribution in [3.63, 3.8) is 0 Å². The number of benzene rings is 3. The van der Waals surface area contributed by atoms with E-state index >= 15 is 0 Å². The summed E-state index contributed by atoms with van der Waals surface area (Å²) in [5, 5.41) is 0. The molecule has 23 heavy (non-hydrogen) atoms. The second kappa shape index (κ2) is 7.35. The Kier molecular flexibility index (Phi) is 5.62. The van der Waals surface area contributed by atoms with Gasteiger partial charge in [-0.2, -0.15) is 0 Å². The zero-order valence-electron chi connectivity index (χ0n) is 12.2. The summed E-state index contributed by atoms with van der Waals surface area (Å²) in [5.74, 6) is -0.205. The summed E-state index contributed by atoms with van der Waals surface area (Å²) in [7, 11) is 0. The molecular weight excluding hydrogens is 628 g/mol. The lowest BCUT2D eigenvalue weighted by Gasteiger charge is -2.11. The van der Waals surface area contributed by atoms with Crippen LogP contribution in [-0.4, -0.2) is 0 Å². The third kappa shape index (κ3) is 3.89. The predicted molar refractivity (Wildman–Crippen MR) is 120 cm³/mol. The van der Waals surface area contributed by atoms with Gasteiger partial charge in [0.2, 0.25) is 0 Å². The lowest BCUT2D eigenvalue weighted by Crippen LogP contribution is -1.91. The number of halogens is 4. The first kappa shape index (κ1) is 17.6. The molecule has 0 aliphatic carbocycles. The molecule has 0 fully saturated rings. The molecule has 0 aromatic heterocycles. The van der Waals surface area contributed by atoms with Crippen molar-refractivity contribution < 1.29 is 4.39 Å². The Morgan fingerprint density at radius 2 is 1.17 bits per heavy atom. The van der Waals surface area contributed by atoms with Crippen molar-refractivity contribution in [2.45, 2.75) is 6.92 Å². The average molecular weight is 640 g/mol. The smallest absolute Gasteiger partial charge is 0.123 e. The third-order valence-electron chi connectivity index (χ3n) is 3.74. The molecule has 0 spiro atoms. The molecule has 0 bridgehead atoms. The molecule has 0 saturated heterocycles. The van der Waals surface area contributed by atoms with E-state index in [4.69, 9.17) is 0 Å². The summed E-state index contributed by atoms with van der Waals surface area (Å²) in [6.45, 7) is 2.15. The summed E-state index contributed by atoms with van der Waals surface area (Å²) >= 11 is 7.16. The van der Waals surface area contributed by atoms with E-state index in [2.05, 4.69) is 105 Å². The molecular formula is C19H12FI3. The quantitative estimate of drug-likeness (QED) is 0.259. The normalized spacial score (nSPS) is 10.8. The van der Waals surface area contributed by atoms with E-state index in [9.17, 15) is 4.39 Å². The largest absolute Gasteiger partial charge is 0.207 e. The van der Waals surface area contributed by atoms with Crippen molar-refractivity contribution in [2.75, 3.05) is 0 Å². The van der Waals surface area contributed by atoms with E-state index in [1.54, 1.807) is 0 Å². The van der Waals surface area contributed by atoms with Crippen molar-refractivity contribution >= 4 is 67.8 Å².